The van der Waals surface area contributed by atoms with Gasteiger partial charge in [0.05, 0.1) is 6.08 Å². The van der Waals surface area contributed by atoms with Crippen molar-refractivity contribution in [3.63, 3.8) is 0 Å². The average Bonchev–Trinajstić information content (AvgIpc) is 2.95. The maximum absolute atomic E-state index is 13.8. The summed E-state index contributed by atoms with van der Waals surface area (Å²) in [5.74, 6) is 2.35. The van der Waals surface area contributed by atoms with Gasteiger partial charge in [0.2, 0.25) is 0 Å². The number of carbonyl (C=O) groups excluding carboxylic acids is 1. The summed E-state index contributed by atoms with van der Waals surface area (Å²) >= 11 is 0. The monoisotopic (exact) mass is 551 g/mol. The van der Waals surface area contributed by atoms with Gasteiger partial charge in [-0.25, -0.2) is 0 Å². The summed E-state index contributed by atoms with van der Waals surface area (Å²) in [6.07, 6.45) is 20.4. The predicted octanol–water partition coefficient (Wildman–Crippen LogP) is 10.4. The number of amides is 1. The smallest absolute Gasteiger partial charge is 0.251 e. The molecule has 0 aliphatic heterocycles. The minimum Gasteiger partial charge on any atom is -0.495 e. The summed E-state index contributed by atoms with van der Waals surface area (Å²) < 4.78 is 0. The number of aliphatic hydroxyl groups excluding tert-OH is 1. The van der Waals surface area contributed by atoms with Crippen molar-refractivity contribution in [2.24, 2.45) is 23.7 Å². The molecule has 0 bridgehead atoms. The van der Waals surface area contributed by atoms with Gasteiger partial charge in [-0.3, -0.25) is 4.79 Å². The number of carbonyl (C=O) groups is 1. The van der Waals surface area contributed by atoms with Gasteiger partial charge in [-0.1, -0.05) is 132 Å². The molecule has 0 aliphatic carbocycles. The first kappa shape index (κ1) is 37.8. The maximum atomic E-state index is 13.8. The molecule has 0 aromatic heterocycles. The van der Waals surface area contributed by atoms with Crippen LogP contribution in [0.5, 0.6) is 0 Å². The first-order valence-corrected chi connectivity index (χ1v) is 17.3. The summed E-state index contributed by atoms with van der Waals surface area (Å²) in [4.78, 5) is 18.1. The molecule has 0 fully saturated rings. The van der Waals surface area contributed by atoms with Crippen LogP contribution in [0.25, 0.3) is 0 Å². The van der Waals surface area contributed by atoms with Crippen molar-refractivity contribution in [2.45, 2.75) is 158 Å². The third kappa shape index (κ3) is 17.3. The van der Waals surface area contributed by atoms with E-state index in [1.165, 1.54) is 77.0 Å². The molecular formula is C35H70N2O2. The molecule has 0 aromatic carbocycles. The Morgan fingerprint density at radius 2 is 0.821 bits per heavy atom. The van der Waals surface area contributed by atoms with Gasteiger partial charge in [-0.2, -0.15) is 0 Å². The highest BCUT2D eigenvalue weighted by atomic mass is 16.3. The molecule has 0 aliphatic rings. The molecule has 4 nitrogen and oxygen atoms in total. The third-order valence-corrected chi connectivity index (χ3v) is 8.98. The minimum absolute atomic E-state index is 0.00519. The van der Waals surface area contributed by atoms with E-state index < -0.39 is 0 Å². The number of rotatable bonds is 26. The van der Waals surface area contributed by atoms with Crippen molar-refractivity contribution < 1.29 is 9.90 Å². The second kappa shape index (κ2) is 24.6. The Hall–Kier alpha value is -1.19. The van der Waals surface area contributed by atoms with E-state index in [1.54, 1.807) is 6.08 Å². The molecule has 4 atom stereocenters. The van der Waals surface area contributed by atoms with E-state index in [0.717, 1.165) is 51.9 Å². The number of hydrogen-bond donors (Lipinski definition) is 1. The summed E-state index contributed by atoms with van der Waals surface area (Å²) in [7, 11) is 0. The first-order chi connectivity index (χ1) is 18.8. The molecule has 0 radical (unpaired) electrons. The Bertz CT molecular complexity index is 569. The zero-order chi connectivity index (χ0) is 29.5. The van der Waals surface area contributed by atoms with E-state index >= 15 is 0 Å². The van der Waals surface area contributed by atoms with Crippen LogP contribution in [0.2, 0.25) is 0 Å². The molecule has 1 N–H and O–H groups in total. The van der Waals surface area contributed by atoms with Crippen molar-refractivity contribution >= 4 is 5.91 Å². The number of aliphatic hydroxyl groups is 1. The van der Waals surface area contributed by atoms with Gasteiger partial charge < -0.3 is 14.9 Å². The zero-order valence-corrected chi connectivity index (χ0v) is 27.8. The topological polar surface area (TPSA) is 43.8 Å². The highest BCUT2D eigenvalue weighted by molar-refractivity contribution is 5.88. The van der Waals surface area contributed by atoms with Gasteiger partial charge in [-0.15, -0.1) is 0 Å². The Labute approximate surface area is 245 Å². The van der Waals surface area contributed by atoms with Crippen LogP contribution in [0.1, 0.15) is 158 Å². The van der Waals surface area contributed by atoms with Gasteiger partial charge in [0.25, 0.3) is 5.91 Å². The molecule has 0 saturated heterocycles. The number of unbranched alkanes of at least 4 members (excludes halogenated alkanes) is 4. The standard InChI is InChI=1S/C35H70N2O2/c1-9-17-21-30(13-5)26-36(27-31(14-6)22-18-10-2)34(38)25-35(39)37(28-32(15-7)23-19-11-3)29-33(16-8)24-20-12-4/h25,30-33,38H,9-24,26-29H2,1-8H3/b34-25-. The number of nitrogens with zero attached hydrogens (tertiary/aromatic N) is 2. The van der Waals surface area contributed by atoms with Gasteiger partial charge in [-0.05, 0) is 49.4 Å². The van der Waals surface area contributed by atoms with E-state index in [1.807, 2.05) is 0 Å². The van der Waals surface area contributed by atoms with Crippen molar-refractivity contribution in [3.8, 4) is 0 Å². The Morgan fingerprint density at radius 1 is 0.538 bits per heavy atom. The quantitative estimate of drug-likeness (QED) is 0.0860. The lowest BCUT2D eigenvalue weighted by molar-refractivity contribution is -0.127. The summed E-state index contributed by atoms with van der Waals surface area (Å²) in [6, 6.07) is 0. The van der Waals surface area contributed by atoms with Crippen molar-refractivity contribution in [3.05, 3.63) is 12.0 Å². The van der Waals surface area contributed by atoms with Gasteiger partial charge in [0.1, 0.15) is 0 Å². The molecule has 4 unspecified atom stereocenters. The molecule has 0 heterocycles. The Morgan fingerprint density at radius 3 is 1.08 bits per heavy atom. The molecule has 0 saturated carbocycles. The summed E-state index contributed by atoms with van der Waals surface area (Å²) in [5.41, 5.74) is 0. The van der Waals surface area contributed by atoms with E-state index in [2.05, 4.69) is 65.2 Å². The predicted molar refractivity (Wildman–Crippen MR) is 172 cm³/mol. The maximum Gasteiger partial charge on any atom is 0.251 e. The van der Waals surface area contributed by atoms with Crippen LogP contribution in [0.3, 0.4) is 0 Å². The van der Waals surface area contributed by atoms with Crippen LogP contribution >= 0.6 is 0 Å². The van der Waals surface area contributed by atoms with Crippen LogP contribution in [-0.2, 0) is 4.79 Å². The average molecular weight is 551 g/mol. The largest absolute Gasteiger partial charge is 0.495 e. The SMILES string of the molecule is CCCCC(CC)CN(CC(CC)CCCC)C(=O)/C=C(\O)N(CC(CC)CCCC)CC(CC)CCCC. The van der Waals surface area contributed by atoms with Crippen molar-refractivity contribution in [1.29, 1.82) is 0 Å². The van der Waals surface area contributed by atoms with Gasteiger partial charge >= 0.3 is 0 Å². The Kier molecular flexibility index (Phi) is 23.8. The fraction of sp³-hybridized carbons (Fsp3) is 0.914. The fourth-order valence-electron chi connectivity index (χ4n) is 5.73. The van der Waals surface area contributed by atoms with Crippen molar-refractivity contribution in [1.82, 2.24) is 9.80 Å². The fourth-order valence-corrected chi connectivity index (χ4v) is 5.73. The van der Waals surface area contributed by atoms with Crippen LogP contribution in [0, 0.1) is 23.7 Å². The van der Waals surface area contributed by atoms with Crippen LogP contribution in [0.4, 0.5) is 0 Å². The highest BCUT2D eigenvalue weighted by Gasteiger charge is 2.24. The molecule has 39 heavy (non-hydrogen) atoms. The lowest BCUT2D eigenvalue weighted by Gasteiger charge is -2.33. The molecule has 0 spiro atoms. The van der Waals surface area contributed by atoms with E-state index in [4.69, 9.17) is 0 Å². The highest BCUT2D eigenvalue weighted by Crippen LogP contribution is 2.23. The van der Waals surface area contributed by atoms with Crippen LogP contribution in [0.15, 0.2) is 12.0 Å². The summed E-state index contributed by atoms with van der Waals surface area (Å²) in [6.45, 7) is 21.4. The van der Waals surface area contributed by atoms with Crippen molar-refractivity contribution in [2.75, 3.05) is 26.2 Å². The van der Waals surface area contributed by atoms with E-state index in [9.17, 15) is 9.90 Å². The Balaban J connectivity index is 6.00. The van der Waals surface area contributed by atoms with E-state index in [0.29, 0.717) is 23.7 Å². The van der Waals surface area contributed by atoms with Gasteiger partial charge in [0.15, 0.2) is 5.88 Å². The lowest BCUT2D eigenvalue weighted by Crippen LogP contribution is -2.39. The second-order valence-electron chi connectivity index (χ2n) is 12.3. The number of hydrogen-bond acceptors (Lipinski definition) is 3. The third-order valence-electron chi connectivity index (χ3n) is 8.98. The van der Waals surface area contributed by atoms with Gasteiger partial charge in [0, 0.05) is 26.2 Å². The molecule has 232 valence electrons. The second-order valence-corrected chi connectivity index (χ2v) is 12.3. The summed E-state index contributed by atoms with van der Waals surface area (Å²) in [5, 5.41) is 11.5. The van der Waals surface area contributed by atoms with E-state index in [-0.39, 0.29) is 11.8 Å². The minimum atomic E-state index is 0.00519. The molecule has 4 heteroatoms. The molecule has 1 amide bonds. The van der Waals surface area contributed by atoms with Crippen LogP contribution in [-0.4, -0.2) is 47.0 Å². The normalized spacial score (nSPS) is 15.1. The first-order valence-electron chi connectivity index (χ1n) is 17.3. The molecular weight excluding hydrogens is 480 g/mol. The molecule has 0 aromatic rings. The molecule has 0 rings (SSSR count). The zero-order valence-electron chi connectivity index (χ0n) is 27.8. The lowest BCUT2D eigenvalue weighted by atomic mass is 9.95. The van der Waals surface area contributed by atoms with Crippen LogP contribution < -0.4 is 0 Å².